The van der Waals surface area contributed by atoms with E-state index in [0.717, 1.165) is 18.9 Å². The molecule has 10 heavy (non-hydrogen) atoms. The number of carbonyl (C=O) groups is 1. The Hall–Kier alpha value is -1.05. The van der Waals surface area contributed by atoms with Gasteiger partial charge >= 0.3 is 5.97 Å². The minimum atomic E-state index is -0.432. The molecule has 0 aliphatic carbocycles. The summed E-state index contributed by atoms with van der Waals surface area (Å²) in [5, 5.41) is 0. The van der Waals surface area contributed by atoms with Crippen molar-refractivity contribution in [3.05, 3.63) is 25.0 Å². The molecular formula is C8H12O2. The van der Waals surface area contributed by atoms with Gasteiger partial charge in [0.15, 0.2) is 0 Å². The van der Waals surface area contributed by atoms with Crippen LogP contribution in [-0.2, 0) is 9.53 Å². The van der Waals surface area contributed by atoms with Crippen LogP contribution in [0, 0.1) is 0 Å². The van der Waals surface area contributed by atoms with Gasteiger partial charge in [0.1, 0.15) is 5.76 Å². The molecule has 56 valence electrons. The van der Waals surface area contributed by atoms with Gasteiger partial charge in [-0.15, -0.1) is 0 Å². The van der Waals surface area contributed by atoms with E-state index in [1.165, 1.54) is 0 Å². The zero-order chi connectivity index (χ0) is 7.98. The van der Waals surface area contributed by atoms with Gasteiger partial charge in [-0.25, -0.2) is 4.79 Å². The second-order valence-corrected chi connectivity index (χ2v) is 1.91. The highest BCUT2D eigenvalue weighted by atomic mass is 16.5. The highest BCUT2D eigenvalue weighted by Gasteiger charge is 1.97. The van der Waals surface area contributed by atoms with Crippen molar-refractivity contribution in [1.29, 1.82) is 0 Å². The summed E-state index contributed by atoms with van der Waals surface area (Å²) in [6.07, 6.45) is 2.78. The normalized spacial score (nSPS) is 8.50. The Morgan fingerprint density at radius 2 is 2.30 bits per heavy atom. The van der Waals surface area contributed by atoms with Crippen molar-refractivity contribution in [3.8, 4) is 0 Å². The molecule has 0 heterocycles. The molecule has 0 saturated heterocycles. The van der Waals surface area contributed by atoms with Gasteiger partial charge in [0.05, 0.1) is 0 Å². The van der Waals surface area contributed by atoms with E-state index in [1.807, 2.05) is 6.92 Å². The monoisotopic (exact) mass is 140 g/mol. The topological polar surface area (TPSA) is 26.3 Å². The molecule has 0 spiro atoms. The first-order chi connectivity index (χ1) is 4.70. The molecule has 0 fully saturated rings. The molecular weight excluding hydrogens is 128 g/mol. The highest BCUT2D eigenvalue weighted by molar-refractivity contribution is 5.81. The molecule has 2 heteroatoms. The number of esters is 1. The summed E-state index contributed by atoms with van der Waals surface area (Å²) in [6, 6.07) is 0. The number of hydrogen-bond acceptors (Lipinski definition) is 2. The second-order valence-electron chi connectivity index (χ2n) is 1.91. The lowest BCUT2D eigenvalue weighted by Gasteiger charge is -2.01. The second kappa shape index (κ2) is 4.79. The maximum absolute atomic E-state index is 10.5. The molecule has 0 bridgehead atoms. The highest BCUT2D eigenvalue weighted by Crippen LogP contribution is 2.03. The average molecular weight is 140 g/mol. The fourth-order valence-corrected chi connectivity index (χ4v) is 0.514. The molecule has 0 unspecified atom stereocenters. The summed E-state index contributed by atoms with van der Waals surface area (Å²) in [5.74, 6) is 0.0749. The first-order valence-corrected chi connectivity index (χ1v) is 3.22. The minimum absolute atomic E-state index is 0.432. The Balaban J connectivity index is 3.57. The van der Waals surface area contributed by atoms with Crippen LogP contribution >= 0.6 is 0 Å². The quantitative estimate of drug-likeness (QED) is 0.339. The van der Waals surface area contributed by atoms with Crippen LogP contribution in [0.25, 0.3) is 0 Å². The summed E-state index contributed by atoms with van der Waals surface area (Å²) in [5.41, 5.74) is 0. The third kappa shape index (κ3) is 3.89. The Bertz CT molecular complexity index is 147. The van der Waals surface area contributed by atoms with Crippen molar-refractivity contribution in [2.24, 2.45) is 0 Å². The number of carbonyl (C=O) groups excluding carboxylic acids is 1. The van der Waals surface area contributed by atoms with Gasteiger partial charge in [-0.1, -0.05) is 20.1 Å². The molecule has 0 radical (unpaired) electrons. The number of allylic oxidation sites excluding steroid dienone is 1. The van der Waals surface area contributed by atoms with Gasteiger partial charge in [-0.2, -0.15) is 0 Å². The Labute approximate surface area is 61.2 Å². The maximum Gasteiger partial charge on any atom is 0.335 e. The predicted octanol–water partition coefficient (Wildman–Crippen LogP) is 2.03. The van der Waals surface area contributed by atoms with Crippen LogP contribution in [0.5, 0.6) is 0 Å². The first kappa shape index (κ1) is 8.95. The summed E-state index contributed by atoms with van der Waals surface area (Å²) in [7, 11) is 0. The van der Waals surface area contributed by atoms with Crippen molar-refractivity contribution >= 4 is 5.97 Å². The Morgan fingerprint density at radius 3 is 2.70 bits per heavy atom. The Kier molecular flexibility index (Phi) is 4.29. The smallest absolute Gasteiger partial charge is 0.335 e. The van der Waals surface area contributed by atoms with Gasteiger partial charge in [-0.05, 0) is 6.42 Å². The molecule has 2 nitrogen and oxygen atoms in total. The van der Waals surface area contributed by atoms with Gasteiger partial charge < -0.3 is 4.74 Å². The van der Waals surface area contributed by atoms with Crippen LogP contribution in [0.4, 0.5) is 0 Å². The molecule has 0 aromatic rings. The summed E-state index contributed by atoms with van der Waals surface area (Å²) in [4.78, 5) is 10.5. The average Bonchev–Trinajstić information content (AvgIpc) is 1.88. The number of hydrogen-bond donors (Lipinski definition) is 0. The molecule has 0 aliphatic rings. The van der Waals surface area contributed by atoms with Gasteiger partial charge in [0.25, 0.3) is 0 Å². The van der Waals surface area contributed by atoms with E-state index in [-0.39, 0.29) is 0 Å². The van der Waals surface area contributed by atoms with Crippen molar-refractivity contribution < 1.29 is 9.53 Å². The van der Waals surface area contributed by atoms with E-state index >= 15 is 0 Å². The molecule has 0 amide bonds. The van der Waals surface area contributed by atoms with Crippen LogP contribution in [0.2, 0.25) is 0 Å². The number of rotatable bonds is 4. The molecule has 0 N–H and O–H groups in total. The van der Waals surface area contributed by atoms with Crippen LogP contribution in [0.15, 0.2) is 25.0 Å². The fraction of sp³-hybridized carbons (Fsp3) is 0.375. The van der Waals surface area contributed by atoms with Gasteiger partial charge in [0.2, 0.25) is 0 Å². The van der Waals surface area contributed by atoms with Crippen molar-refractivity contribution in [2.45, 2.75) is 19.8 Å². The van der Waals surface area contributed by atoms with Crippen molar-refractivity contribution in [2.75, 3.05) is 0 Å². The van der Waals surface area contributed by atoms with E-state index in [4.69, 9.17) is 0 Å². The lowest BCUT2D eigenvalue weighted by molar-refractivity contribution is -0.133. The lowest BCUT2D eigenvalue weighted by Crippen LogP contribution is -1.98. The third-order valence-corrected chi connectivity index (χ3v) is 0.940. The number of ether oxygens (including phenoxy) is 1. The third-order valence-electron chi connectivity index (χ3n) is 0.940. The molecule has 0 aliphatic heterocycles. The molecule has 0 rings (SSSR count). The zero-order valence-corrected chi connectivity index (χ0v) is 6.22. The van der Waals surface area contributed by atoms with E-state index in [0.29, 0.717) is 5.76 Å². The molecule has 0 aromatic carbocycles. The van der Waals surface area contributed by atoms with Crippen LogP contribution < -0.4 is 0 Å². The van der Waals surface area contributed by atoms with E-state index in [2.05, 4.69) is 17.9 Å². The first-order valence-electron chi connectivity index (χ1n) is 3.22. The van der Waals surface area contributed by atoms with Crippen LogP contribution in [-0.4, -0.2) is 5.97 Å². The van der Waals surface area contributed by atoms with Crippen molar-refractivity contribution in [1.82, 2.24) is 0 Å². The Morgan fingerprint density at radius 1 is 1.70 bits per heavy atom. The van der Waals surface area contributed by atoms with Crippen LogP contribution in [0.3, 0.4) is 0 Å². The standard InChI is InChI=1S/C8H12O2/c1-4-6-7(3)10-8(9)5-2/h5H,2-4,6H2,1H3. The summed E-state index contributed by atoms with van der Waals surface area (Å²) in [6.45, 7) is 8.79. The predicted molar refractivity (Wildman–Crippen MR) is 40.3 cm³/mol. The van der Waals surface area contributed by atoms with Gasteiger partial charge in [-0.3, -0.25) is 0 Å². The summed E-state index contributed by atoms with van der Waals surface area (Å²) < 4.78 is 4.69. The van der Waals surface area contributed by atoms with E-state index in [9.17, 15) is 4.79 Å². The maximum atomic E-state index is 10.5. The van der Waals surface area contributed by atoms with Gasteiger partial charge in [0, 0.05) is 12.5 Å². The lowest BCUT2D eigenvalue weighted by atomic mass is 10.3. The van der Waals surface area contributed by atoms with Crippen molar-refractivity contribution in [3.63, 3.8) is 0 Å². The van der Waals surface area contributed by atoms with E-state index < -0.39 is 5.97 Å². The van der Waals surface area contributed by atoms with E-state index in [1.54, 1.807) is 0 Å². The SMILES string of the molecule is C=CC(=O)OC(=C)CCC. The molecule has 0 atom stereocenters. The zero-order valence-electron chi connectivity index (χ0n) is 6.22. The largest absolute Gasteiger partial charge is 0.429 e. The fourth-order valence-electron chi connectivity index (χ4n) is 0.514. The molecule has 0 aromatic heterocycles. The summed E-state index contributed by atoms with van der Waals surface area (Å²) >= 11 is 0. The van der Waals surface area contributed by atoms with Crippen LogP contribution in [0.1, 0.15) is 19.8 Å². The molecule has 0 saturated carbocycles. The minimum Gasteiger partial charge on any atom is -0.429 e.